The number of morpholine rings is 1. The summed E-state index contributed by atoms with van der Waals surface area (Å²) in [6.07, 6.45) is -0.360. The Hall–Kier alpha value is -2.99. The number of thiazole rings is 1. The van der Waals surface area contributed by atoms with E-state index in [0.717, 1.165) is 5.56 Å². The Bertz CT molecular complexity index is 1300. The molecule has 1 amide bonds. The van der Waals surface area contributed by atoms with Gasteiger partial charge in [0.2, 0.25) is 10.0 Å². The van der Waals surface area contributed by atoms with Crippen LogP contribution in [-0.2, 0) is 14.8 Å². The summed E-state index contributed by atoms with van der Waals surface area (Å²) in [5, 5.41) is 5.02. The highest BCUT2D eigenvalue weighted by Crippen LogP contribution is 2.33. The fraction of sp³-hybridized carbons (Fsp3) is 0.333. The third-order valence-electron chi connectivity index (χ3n) is 5.54. The highest BCUT2D eigenvalue weighted by Gasteiger charge is 2.32. The molecule has 1 saturated heterocycles. The van der Waals surface area contributed by atoms with Crippen molar-refractivity contribution in [2.45, 2.75) is 31.0 Å². The van der Waals surface area contributed by atoms with Crippen LogP contribution in [0.4, 0.5) is 5.13 Å². The van der Waals surface area contributed by atoms with E-state index in [0.29, 0.717) is 41.0 Å². The highest BCUT2D eigenvalue weighted by atomic mass is 32.2. The number of hydrogen-bond donors (Lipinski definition) is 1. The molecule has 0 radical (unpaired) electrons. The van der Waals surface area contributed by atoms with Gasteiger partial charge < -0.3 is 14.2 Å². The molecule has 0 aliphatic carbocycles. The van der Waals surface area contributed by atoms with Crippen LogP contribution >= 0.6 is 11.3 Å². The van der Waals surface area contributed by atoms with Crippen molar-refractivity contribution in [2.75, 3.05) is 32.6 Å². The summed E-state index contributed by atoms with van der Waals surface area (Å²) in [4.78, 5) is 17.4. The van der Waals surface area contributed by atoms with Crippen LogP contribution in [0.15, 0.2) is 52.7 Å². The van der Waals surface area contributed by atoms with Gasteiger partial charge in [0.15, 0.2) is 16.6 Å². The molecule has 0 spiro atoms. The zero-order valence-corrected chi connectivity index (χ0v) is 21.5. The van der Waals surface area contributed by atoms with E-state index < -0.39 is 10.0 Å². The number of benzene rings is 2. The van der Waals surface area contributed by atoms with Gasteiger partial charge in [-0.2, -0.15) is 4.31 Å². The normalized spacial score (nSPS) is 18.7. The van der Waals surface area contributed by atoms with E-state index in [1.807, 2.05) is 31.4 Å². The van der Waals surface area contributed by atoms with Gasteiger partial charge in [-0.15, -0.1) is 11.3 Å². The summed E-state index contributed by atoms with van der Waals surface area (Å²) < 4.78 is 43.7. The lowest BCUT2D eigenvalue weighted by Gasteiger charge is -2.34. The van der Waals surface area contributed by atoms with Crippen molar-refractivity contribution in [1.82, 2.24) is 9.29 Å². The minimum atomic E-state index is -3.68. The van der Waals surface area contributed by atoms with Crippen molar-refractivity contribution in [3.05, 3.63) is 53.4 Å². The number of carbonyl (C=O) groups excluding carboxylic acids is 1. The van der Waals surface area contributed by atoms with Gasteiger partial charge in [-0.1, -0.05) is 0 Å². The van der Waals surface area contributed by atoms with Crippen molar-refractivity contribution in [2.24, 2.45) is 0 Å². The number of nitrogens with zero attached hydrogens (tertiary/aromatic N) is 2. The van der Waals surface area contributed by atoms with Gasteiger partial charge in [-0.25, -0.2) is 13.4 Å². The second-order valence-electron chi connectivity index (χ2n) is 8.17. The third-order valence-corrected chi connectivity index (χ3v) is 8.15. The molecule has 3 aromatic rings. The molecule has 4 rings (SSSR count). The fourth-order valence-corrected chi connectivity index (χ4v) is 6.19. The van der Waals surface area contributed by atoms with E-state index in [4.69, 9.17) is 14.2 Å². The van der Waals surface area contributed by atoms with Crippen LogP contribution in [0.2, 0.25) is 0 Å². The predicted molar refractivity (Wildman–Crippen MR) is 134 cm³/mol. The number of rotatable bonds is 7. The molecule has 0 unspecified atom stereocenters. The quantitative estimate of drug-likeness (QED) is 0.507. The molecule has 0 bridgehead atoms. The molecule has 1 aromatic heterocycles. The van der Waals surface area contributed by atoms with Crippen molar-refractivity contribution >= 4 is 32.4 Å². The number of methoxy groups -OCH3 is 2. The molecule has 1 aliphatic rings. The Morgan fingerprint density at radius 3 is 2.34 bits per heavy atom. The third kappa shape index (κ3) is 5.48. The van der Waals surface area contributed by atoms with Crippen molar-refractivity contribution in [3.63, 3.8) is 0 Å². The molecule has 1 fully saturated rings. The van der Waals surface area contributed by atoms with Gasteiger partial charge in [0.1, 0.15) is 0 Å². The molecule has 35 heavy (non-hydrogen) atoms. The van der Waals surface area contributed by atoms with Gasteiger partial charge in [0.05, 0.1) is 37.0 Å². The second-order valence-corrected chi connectivity index (χ2v) is 11.0. The van der Waals surface area contributed by atoms with Gasteiger partial charge >= 0.3 is 0 Å². The molecule has 0 saturated carbocycles. The summed E-state index contributed by atoms with van der Waals surface area (Å²) in [5.74, 6) is 0.818. The zero-order valence-electron chi connectivity index (χ0n) is 19.8. The number of aromatic nitrogens is 1. The number of amides is 1. The molecule has 11 heteroatoms. The number of anilines is 1. The maximum atomic E-state index is 13.0. The van der Waals surface area contributed by atoms with Crippen LogP contribution in [-0.4, -0.2) is 63.1 Å². The van der Waals surface area contributed by atoms with E-state index >= 15 is 0 Å². The Kier molecular flexibility index (Phi) is 7.41. The van der Waals surface area contributed by atoms with Gasteiger partial charge in [0, 0.05) is 29.6 Å². The lowest BCUT2D eigenvalue weighted by Crippen LogP contribution is -2.48. The molecule has 2 atom stereocenters. The summed E-state index contributed by atoms with van der Waals surface area (Å²) in [5.41, 5.74) is 1.83. The fourth-order valence-electron chi connectivity index (χ4n) is 3.88. The maximum absolute atomic E-state index is 13.0. The first-order valence-electron chi connectivity index (χ1n) is 11.0. The van der Waals surface area contributed by atoms with Gasteiger partial charge in [-0.3, -0.25) is 10.1 Å². The van der Waals surface area contributed by atoms with Crippen LogP contribution in [0.3, 0.4) is 0 Å². The first-order valence-corrected chi connectivity index (χ1v) is 13.3. The molecule has 186 valence electrons. The topological polar surface area (TPSA) is 107 Å². The second kappa shape index (κ2) is 10.3. The largest absolute Gasteiger partial charge is 0.493 e. The van der Waals surface area contributed by atoms with E-state index in [1.54, 1.807) is 20.3 Å². The lowest BCUT2D eigenvalue weighted by atomic mass is 10.1. The Balaban J connectivity index is 1.45. The van der Waals surface area contributed by atoms with Gasteiger partial charge in [0.25, 0.3) is 5.91 Å². The number of carbonyl (C=O) groups is 1. The average Bonchev–Trinajstić information content (AvgIpc) is 3.31. The van der Waals surface area contributed by atoms with Crippen LogP contribution in [0.1, 0.15) is 24.2 Å². The van der Waals surface area contributed by atoms with E-state index in [9.17, 15) is 13.2 Å². The minimum absolute atomic E-state index is 0.139. The monoisotopic (exact) mass is 517 g/mol. The first-order chi connectivity index (χ1) is 16.7. The predicted octanol–water partition coefficient (Wildman–Crippen LogP) is 3.88. The summed E-state index contributed by atoms with van der Waals surface area (Å²) >= 11 is 1.29. The van der Waals surface area contributed by atoms with Crippen molar-refractivity contribution in [3.8, 4) is 22.8 Å². The van der Waals surface area contributed by atoms with E-state index in [2.05, 4.69) is 10.3 Å². The molecule has 1 N–H and O–H groups in total. The number of hydrogen-bond acceptors (Lipinski definition) is 8. The van der Waals surface area contributed by atoms with E-state index in [-0.39, 0.29) is 23.0 Å². The Labute approximate surface area is 208 Å². The van der Waals surface area contributed by atoms with Crippen molar-refractivity contribution < 1.29 is 27.4 Å². The van der Waals surface area contributed by atoms with Gasteiger partial charge in [-0.05, 0) is 56.3 Å². The van der Waals surface area contributed by atoms with Crippen LogP contribution in [0.5, 0.6) is 11.5 Å². The van der Waals surface area contributed by atoms with Crippen LogP contribution < -0.4 is 14.8 Å². The highest BCUT2D eigenvalue weighted by molar-refractivity contribution is 7.89. The maximum Gasteiger partial charge on any atom is 0.257 e. The van der Waals surface area contributed by atoms with Crippen molar-refractivity contribution in [1.29, 1.82) is 0 Å². The van der Waals surface area contributed by atoms with E-state index in [1.165, 1.54) is 39.9 Å². The number of nitrogens with one attached hydrogen (secondary N) is 1. The molecule has 9 nitrogen and oxygen atoms in total. The average molecular weight is 518 g/mol. The first kappa shape index (κ1) is 25.1. The summed E-state index contributed by atoms with van der Waals surface area (Å²) in [6.45, 7) is 4.28. The lowest BCUT2D eigenvalue weighted by molar-refractivity contribution is -0.0440. The molecule has 1 aliphatic heterocycles. The zero-order chi connectivity index (χ0) is 25.2. The molecule has 2 aromatic carbocycles. The summed E-state index contributed by atoms with van der Waals surface area (Å²) in [6, 6.07) is 11.4. The SMILES string of the molecule is COc1ccc(-c2csc(NC(=O)c3ccc(S(=O)(=O)N4C[C@@H](C)O[C@@H](C)C4)cc3)n2)cc1OC. The minimum Gasteiger partial charge on any atom is -0.493 e. The molecule has 2 heterocycles. The molecular weight excluding hydrogens is 490 g/mol. The standard InChI is InChI=1S/C24H27N3O6S2/c1-15-12-27(13-16(2)33-15)35(29,30)19-8-5-17(6-9-19)23(28)26-24-25-20(14-34-24)18-7-10-21(31-3)22(11-18)32-4/h5-11,14-16H,12-13H2,1-4H3,(H,25,26,28)/t15-,16+. The van der Waals surface area contributed by atoms with Crippen LogP contribution in [0, 0.1) is 0 Å². The van der Waals surface area contributed by atoms with Crippen LogP contribution in [0.25, 0.3) is 11.3 Å². The molecular formula is C24H27N3O6S2. The number of sulfonamides is 1. The Morgan fingerprint density at radius 2 is 1.71 bits per heavy atom. The number of ether oxygens (including phenoxy) is 3. The smallest absolute Gasteiger partial charge is 0.257 e. The Morgan fingerprint density at radius 1 is 1.06 bits per heavy atom. The summed E-state index contributed by atoms with van der Waals surface area (Å²) in [7, 11) is -0.544.